The molecule has 0 N–H and O–H groups in total. The number of methoxy groups -OCH3 is 2. The van der Waals surface area contributed by atoms with Crippen LogP contribution in [0.3, 0.4) is 0 Å². The third kappa shape index (κ3) is 4.78. The maximum atomic E-state index is 13.4. The molecule has 0 saturated carbocycles. The molecule has 0 aliphatic carbocycles. The molecule has 2 aliphatic rings. The van der Waals surface area contributed by atoms with Crippen molar-refractivity contribution in [2.45, 2.75) is 32.2 Å². The van der Waals surface area contributed by atoms with Gasteiger partial charge in [0.25, 0.3) is 5.91 Å². The Kier molecular flexibility index (Phi) is 6.74. The van der Waals surface area contributed by atoms with Crippen molar-refractivity contribution in [2.24, 2.45) is 11.0 Å². The second-order valence-corrected chi connectivity index (χ2v) is 8.58. The van der Waals surface area contributed by atoms with E-state index in [1.54, 1.807) is 31.4 Å². The number of amides is 1. The summed E-state index contributed by atoms with van der Waals surface area (Å²) >= 11 is 0. The van der Waals surface area contributed by atoms with Crippen LogP contribution in [0, 0.1) is 11.7 Å². The zero-order chi connectivity index (χ0) is 22.7. The fourth-order valence-corrected chi connectivity index (χ4v) is 4.38. The molecule has 4 rings (SSSR count). The highest BCUT2D eigenvalue weighted by Gasteiger charge is 2.35. The minimum absolute atomic E-state index is 0.0421. The van der Waals surface area contributed by atoms with Crippen molar-refractivity contribution in [3.8, 4) is 11.5 Å². The Bertz CT molecular complexity index is 984. The highest BCUT2D eigenvalue weighted by atomic mass is 19.1. The summed E-state index contributed by atoms with van der Waals surface area (Å²) in [6, 6.07) is 11.6. The van der Waals surface area contributed by atoms with Crippen molar-refractivity contribution in [1.82, 2.24) is 9.91 Å². The number of carbonyl (C=O) groups excluding carboxylic acids is 1. The second-order valence-electron chi connectivity index (χ2n) is 8.58. The quantitative estimate of drug-likeness (QED) is 0.675. The van der Waals surface area contributed by atoms with Crippen LogP contribution in [0.25, 0.3) is 0 Å². The number of hydrogen-bond donors (Lipinski definition) is 0. The molecule has 6 nitrogen and oxygen atoms in total. The number of ether oxygens (including phenoxy) is 2. The summed E-state index contributed by atoms with van der Waals surface area (Å²) in [4.78, 5) is 15.6. The van der Waals surface area contributed by atoms with Crippen LogP contribution in [-0.4, -0.2) is 55.4 Å². The largest absolute Gasteiger partial charge is 0.497 e. The van der Waals surface area contributed by atoms with E-state index in [1.807, 2.05) is 18.2 Å². The van der Waals surface area contributed by atoms with Gasteiger partial charge in [0, 0.05) is 18.1 Å². The van der Waals surface area contributed by atoms with E-state index in [4.69, 9.17) is 14.6 Å². The van der Waals surface area contributed by atoms with E-state index in [9.17, 15) is 9.18 Å². The van der Waals surface area contributed by atoms with Gasteiger partial charge in [0.1, 0.15) is 17.3 Å². The van der Waals surface area contributed by atoms with Gasteiger partial charge in [-0.25, -0.2) is 9.40 Å². The van der Waals surface area contributed by atoms with Gasteiger partial charge in [-0.2, -0.15) is 5.10 Å². The van der Waals surface area contributed by atoms with E-state index < -0.39 is 0 Å². The molecular weight excluding hydrogens is 409 g/mol. The molecule has 7 heteroatoms. The van der Waals surface area contributed by atoms with Crippen molar-refractivity contribution in [2.75, 3.05) is 33.9 Å². The number of benzene rings is 2. The van der Waals surface area contributed by atoms with Crippen molar-refractivity contribution in [3.63, 3.8) is 0 Å². The first-order valence-corrected chi connectivity index (χ1v) is 11.1. The molecule has 0 spiro atoms. The summed E-state index contributed by atoms with van der Waals surface area (Å²) in [6.45, 7) is 4.43. The van der Waals surface area contributed by atoms with Gasteiger partial charge in [-0.15, -0.1) is 0 Å². The van der Waals surface area contributed by atoms with Gasteiger partial charge in [-0.05, 0) is 61.7 Å². The van der Waals surface area contributed by atoms with Crippen molar-refractivity contribution >= 4 is 11.6 Å². The summed E-state index contributed by atoms with van der Waals surface area (Å²) < 4.78 is 24.4. The lowest BCUT2D eigenvalue weighted by molar-refractivity contribution is -0.134. The fourth-order valence-electron chi connectivity index (χ4n) is 4.38. The molecule has 1 atom stereocenters. The molecule has 1 amide bonds. The van der Waals surface area contributed by atoms with E-state index in [2.05, 4.69) is 11.8 Å². The zero-order valence-electron chi connectivity index (χ0n) is 18.9. The summed E-state index contributed by atoms with van der Waals surface area (Å²) in [6.07, 6.45) is 2.73. The molecule has 1 fully saturated rings. The zero-order valence-corrected chi connectivity index (χ0v) is 18.9. The van der Waals surface area contributed by atoms with E-state index in [1.165, 1.54) is 12.1 Å². The third-order valence-corrected chi connectivity index (χ3v) is 6.38. The number of nitrogens with zero attached hydrogens (tertiary/aromatic N) is 3. The predicted molar refractivity (Wildman–Crippen MR) is 122 cm³/mol. The van der Waals surface area contributed by atoms with E-state index in [-0.39, 0.29) is 17.8 Å². The lowest BCUT2D eigenvalue weighted by Gasteiger charge is -2.31. The number of hydrogen-bond acceptors (Lipinski definition) is 5. The molecule has 2 aromatic carbocycles. The lowest BCUT2D eigenvalue weighted by Crippen LogP contribution is -2.41. The highest BCUT2D eigenvalue weighted by Crippen LogP contribution is 2.39. The van der Waals surface area contributed by atoms with Crippen LogP contribution in [0.1, 0.15) is 43.4 Å². The van der Waals surface area contributed by atoms with Crippen LogP contribution < -0.4 is 9.47 Å². The first-order valence-electron chi connectivity index (χ1n) is 11.1. The van der Waals surface area contributed by atoms with Crippen molar-refractivity contribution < 1.29 is 18.7 Å². The van der Waals surface area contributed by atoms with Gasteiger partial charge in [0.05, 0.1) is 32.5 Å². The molecule has 0 radical (unpaired) electrons. The Hall–Kier alpha value is -2.93. The van der Waals surface area contributed by atoms with Gasteiger partial charge in [0.2, 0.25) is 0 Å². The normalized spacial score (nSPS) is 19.7. The van der Waals surface area contributed by atoms with Gasteiger partial charge < -0.3 is 9.47 Å². The van der Waals surface area contributed by atoms with Gasteiger partial charge >= 0.3 is 0 Å². The monoisotopic (exact) mass is 439 g/mol. The van der Waals surface area contributed by atoms with Crippen LogP contribution in [0.4, 0.5) is 4.39 Å². The van der Waals surface area contributed by atoms with Gasteiger partial charge in [-0.3, -0.25) is 9.69 Å². The Morgan fingerprint density at radius 3 is 2.47 bits per heavy atom. The number of likely N-dealkylation sites (tertiary alicyclic amines) is 1. The Labute approximate surface area is 188 Å². The molecule has 0 aromatic heterocycles. The van der Waals surface area contributed by atoms with Crippen LogP contribution in [-0.2, 0) is 4.79 Å². The van der Waals surface area contributed by atoms with E-state index >= 15 is 0 Å². The molecule has 2 heterocycles. The average Bonchev–Trinajstić information content (AvgIpc) is 3.26. The molecule has 2 aromatic rings. The SMILES string of the molecule is COc1ccc([C@@H]2CC(c3ccc(F)cc3)=NN2C(=O)CN2CCC(C)CC2)c(OC)c1. The van der Waals surface area contributed by atoms with Crippen molar-refractivity contribution in [1.29, 1.82) is 0 Å². The van der Waals surface area contributed by atoms with Crippen LogP contribution >= 0.6 is 0 Å². The molecule has 170 valence electrons. The molecule has 1 saturated heterocycles. The highest BCUT2D eigenvalue weighted by molar-refractivity contribution is 6.03. The van der Waals surface area contributed by atoms with Crippen molar-refractivity contribution in [3.05, 3.63) is 59.4 Å². The van der Waals surface area contributed by atoms with Crippen LogP contribution in [0.15, 0.2) is 47.6 Å². The molecule has 0 bridgehead atoms. The number of piperidine rings is 1. The number of halogens is 1. The van der Waals surface area contributed by atoms with E-state index in [0.29, 0.717) is 30.4 Å². The number of carbonyl (C=O) groups is 1. The maximum absolute atomic E-state index is 13.4. The van der Waals surface area contributed by atoms with Gasteiger partial charge in [-0.1, -0.05) is 19.1 Å². The summed E-state index contributed by atoms with van der Waals surface area (Å²) in [5.74, 6) is 1.69. The van der Waals surface area contributed by atoms with Gasteiger partial charge in [0.15, 0.2) is 0 Å². The minimum Gasteiger partial charge on any atom is -0.497 e. The topological polar surface area (TPSA) is 54.4 Å². The van der Waals surface area contributed by atoms with E-state index in [0.717, 1.165) is 42.8 Å². The predicted octanol–water partition coefficient (Wildman–Crippen LogP) is 4.25. The summed E-state index contributed by atoms with van der Waals surface area (Å²) in [5, 5.41) is 6.29. The third-order valence-electron chi connectivity index (χ3n) is 6.38. The average molecular weight is 440 g/mol. The second kappa shape index (κ2) is 9.69. The Morgan fingerprint density at radius 2 is 1.81 bits per heavy atom. The molecule has 32 heavy (non-hydrogen) atoms. The molecule has 2 aliphatic heterocycles. The first-order chi connectivity index (χ1) is 15.5. The maximum Gasteiger partial charge on any atom is 0.257 e. The Balaban J connectivity index is 1.63. The number of rotatable bonds is 6. The minimum atomic E-state index is -0.299. The molecular formula is C25H30FN3O3. The fraction of sp³-hybridized carbons (Fsp3) is 0.440. The smallest absolute Gasteiger partial charge is 0.257 e. The van der Waals surface area contributed by atoms with Crippen LogP contribution in [0.2, 0.25) is 0 Å². The number of hydrazone groups is 1. The summed E-state index contributed by atoms with van der Waals surface area (Å²) in [5.41, 5.74) is 2.44. The standard InChI is InChI=1S/C25H30FN3O3/c1-17-10-12-28(13-11-17)16-25(30)29-23(21-9-8-20(31-2)14-24(21)32-3)15-22(27-29)18-4-6-19(26)7-5-18/h4-9,14,17,23H,10-13,15-16H2,1-3H3/t23-/m0/s1. The van der Waals surface area contributed by atoms with Crippen LogP contribution in [0.5, 0.6) is 11.5 Å². The Morgan fingerprint density at radius 1 is 1.09 bits per heavy atom. The molecule has 0 unspecified atom stereocenters. The summed E-state index contributed by atoms with van der Waals surface area (Å²) in [7, 11) is 3.21. The lowest BCUT2D eigenvalue weighted by atomic mass is 9.97. The first kappa shape index (κ1) is 22.3.